The van der Waals surface area contributed by atoms with Gasteiger partial charge in [-0.1, -0.05) is 18.2 Å². The van der Waals surface area contributed by atoms with Crippen molar-refractivity contribution in [3.8, 4) is 0 Å². The lowest BCUT2D eigenvalue weighted by Crippen LogP contribution is -2.48. The number of benzene rings is 1. The summed E-state index contributed by atoms with van der Waals surface area (Å²) in [6.45, 7) is 3.56. The Balaban J connectivity index is 2.43. The number of hydrogen-bond acceptors (Lipinski definition) is 6. The zero-order chi connectivity index (χ0) is 17.7. The van der Waals surface area contributed by atoms with Crippen LogP contribution in [0.1, 0.15) is 26.7 Å². The van der Waals surface area contributed by atoms with Crippen LogP contribution in [0.5, 0.6) is 0 Å². The molecular formula is C16H21NO6S. The zero-order valence-corrected chi connectivity index (χ0v) is 14.5. The molecule has 1 heterocycles. The number of rotatable bonds is 6. The summed E-state index contributed by atoms with van der Waals surface area (Å²) in [5.41, 5.74) is 0. The van der Waals surface area contributed by atoms with Gasteiger partial charge in [0.15, 0.2) is 0 Å². The van der Waals surface area contributed by atoms with Gasteiger partial charge in [0.25, 0.3) is 0 Å². The van der Waals surface area contributed by atoms with Crippen LogP contribution in [0, 0.1) is 0 Å². The Bertz CT molecular complexity index is 662. The second-order valence-electron chi connectivity index (χ2n) is 5.26. The van der Waals surface area contributed by atoms with E-state index in [1.165, 1.54) is 12.1 Å². The molecule has 0 saturated carbocycles. The molecule has 0 spiro atoms. The predicted octanol–water partition coefficient (Wildman–Crippen LogP) is 1.33. The molecule has 0 aliphatic carbocycles. The number of esters is 2. The fourth-order valence-corrected chi connectivity index (χ4v) is 4.55. The summed E-state index contributed by atoms with van der Waals surface area (Å²) in [5, 5.41) is 0. The largest absolute Gasteiger partial charge is 0.465 e. The third-order valence-corrected chi connectivity index (χ3v) is 5.70. The van der Waals surface area contributed by atoms with Gasteiger partial charge in [-0.2, -0.15) is 4.31 Å². The molecule has 7 nitrogen and oxygen atoms in total. The lowest BCUT2D eigenvalue weighted by atomic mass is 10.2. The monoisotopic (exact) mass is 355 g/mol. The van der Waals surface area contributed by atoms with Crippen LogP contribution in [-0.4, -0.2) is 50.0 Å². The Kier molecular flexibility index (Phi) is 5.95. The van der Waals surface area contributed by atoms with Crippen molar-refractivity contribution in [3.05, 3.63) is 30.3 Å². The van der Waals surface area contributed by atoms with E-state index >= 15 is 0 Å². The Labute approximate surface area is 141 Å². The Hall–Kier alpha value is -1.93. The van der Waals surface area contributed by atoms with Crippen LogP contribution >= 0.6 is 0 Å². The van der Waals surface area contributed by atoms with Gasteiger partial charge in [0.05, 0.1) is 18.1 Å². The van der Waals surface area contributed by atoms with Crippen molar-refractivity contribution in [2.45, 2.75) is 43.7 Å². The first kappa shape index (κ1) is 18.4. The molecule has 2 rings (SSSR count). The molecule has 1 aliphatic rings. The molecule has 8 heteroatoms. The summed E-state index contributed by atoms with van der Waals surface area (Å²) in [6, 6.07) is 5.67. The van der Waals surface area contributed by atoms with E-state index in [2.05, 4.69) is 0 Å². The van der Waals surface area contributed by atoms with Gasteiger partial charge in [0, 0.05) is 0 Å². The summed E-state index contributed by atoms with van der Waals surface area (Å²) >= 11 is 0. The highest BCUT2D eigenvalue weighted by molar-refractivity contribution is 7.89. The van der Waals surface area contributed by atoms with Gasteiger partial charge in [-0.3, -0.25) is 9.59 Å². The van der Waals surface area contributed by atoms with E-state index in [0.29, 0.717) is 0 Å². The van der Waals surface area contributed by atoms with E-state index in [1.54, 1.807) is 32.0 Å². The topological polar surface area (TPSA) is 90.0 Å². The van der Waals surface area contributed by atoms with Crippen LogP contribution in [-0.2, 0) is 29.1 Å². The van der Waals surface area contributed by atoms with Gasteiger partial charge in [0.2, 0.25) is 10.0 Å². The van der Waals surface area contributed by atoms with Crippen LogP contribution in [0.4, 0.5) is 0 Å². The molecule has 0 aromatic heterocycles. The quantitative estimate of drug-likeness (QED) is 0.715. The van der Waals surface area contributed by atoms with Crippen LogP contribution in [0.3, 0.4) is 0 Å². The van der Waals surface area contributed by atoms with Crippen molar-refractivity contribution in [3.63, 3.8) is 0 Å². The number of carbonyl (C=O) groups is 2. The number of carbonyl (C=O) groups excluding carboxylic acids is 2. The highest BCUT2D eigenvalue weighted by atomic mass is 32.2. The molecule has 0 N–H and O–H groups in total. The zero-order valence-electron chi connectivity index (χ0n) is 13.7. The molecule has 1 aliphatic heterocycles. The molecule has 2 atom stereocenters. The molecule has 0 amide bonds. The first-order valence-corrected chi connectivity index (χ1v) is 9.29. The number of ether oxygens (including phenoxy) is 2. The number of hydrogen-bond donors (Lipinski definition) is 0. The Morgan fingerprint density at radius 1 is 1.00 bits per heavy atom. The average Bonchev–Trinajstić information content (AvgIpc) is 3.02. The summed E-state index contributed by atoms with van der Waals surface area (Å²) in [6.07, 6.45) is 0.433. The maximum Gasteiger partial charge on any atom is 0.324 e. The molecular weight excluding hydrogens is 334 g/mol. The van der Waals surface area contributed by atoms with E-state index in [4.69, 9.17) is 9.47 Å². The van der Waals surface area contributed by atoms with Crippen LogP contribution in [0.25, 0.3) is 0 Å². The summed E-state index contributed by atoms with van der Waals surface area (Å²) < 4.78 is 36.9. The van der Waals surface area contributed by atoms with Crippen molar-refractivity contribution in [1.29, 1.82) is 0 Å². The first-order valence-electron chi connectivity index (χ1n) is 7.85. The second-order valence-corrected chi connectivity index (χ2v) is 7.10. The van der Waals surface area contributed by atoms with Crippen LogP contribution < -0.4 is 0 Å². The van der Waals surface area contributed by atoms with Crippen molar-refractivity contribution >= 4 is 22.0 Å². The van der Waals surface area contributed by atoms with Crippen molar-refractivity contribution in [2.75, 3.05) is 13.2 Å². The molecule has 1 fully saturated rings. The van der Waals surface area contributed by atoms with E-state index in [9.17, 15) is 18.0 Å². The van der Waals surface area contributed by atoms with Gasteiger partial charge in [-0.25, -0.2) is 8.42 Å². The SMILES string of the molecule is CCOC(=O)[C@H]1CC[C@@H](C(=O)OCC)N1S(=O)(=O)c1ccccc1. The second kappa shape index (κ2) is 7.76. The maximum atomic E-state index is 13.0. The fraction of sp³-hybridized carbons (Fsp3) is 0.500. The third kappa shape index (κ3) is 3.59. The van der Waals surface area contributed by atoms with E-state index in [-0.39, 0.29) is 31.0 Å². The third-order valence-electron chi connectivity index (χ3n) is 3.76. The molecule has 0 bridgehead atoms. The molecule has 0 unspecified atom stereocenters. The molecule has 24 heavy (non-hydrogen) atoms. The Morgan fingerprint density at radius 2 is 1.46 bits per heavy atom. The fourth-order valence-electron chi connectivity index (χ4n) is 2.76. The molecule has 132 valence electrons. The predicted molar refractivity (Wildman–Crippen MR) is 85.5 cm³/mol. The highest BCUT2D eigenvalue weighted by Crippen LogP contribution is 2.32. The highest BCUT2D eigenvalue weighted by Gasteiger charge is 2.49. The van der Waals surface area contributed by atoms with Gasteiger partial charge in [-0.05, 0) is 38.8 Å². The van der Waals surface area contributed by atoms with Crippen LogP contribution in [0.15, 0.2) is 35.2 Å². The summed E-state index contributed by atoms with van der Waals surface area (Å²) in [4.78, 5) is 24.4. The summed E-state index contributed by atoms with van der Waals surface area (Å²) in [5.74, 6) is -1.30. The molecule has 1 aromatic rings. The lowest BCUT2D eigenvalue weighted by molar-refractivity contribution is -0.150. The first-order chi connectivity index (χ1) is 11.4. The van der Waals surface area contributed by atoms with E-state index < -0.39 is 34.0 Å². The van der Waals surface area contributed by atoms with E-state index in [0.717, 1.165) is 4.31 Å². The van der Waals surface area contributed by atoms with Crippen molar-refractivity contribution < 1.29 is 27.5 Å². The summed E-state index contributed by atoms with van der Waals surface area (Å²) in [7, 11) is -4.03. The van der Waals surface area contributed by atoms with Crippen molar-refractivity contribution in [1.82, 2.24) is 4.31 Å². The minimum Gasteiger partial charge on any atom is -0.465 e. The van der Waals surface area contributed by atoms with Crippen molar-refractivity contribution in [2.24, 2.45) is 0 Å². The normalized spacial score (nSPS) is 21.4. The van der Waals surface area contributed by atoms with Gasteiger partial charge in [0.1, 0.15) is 12.1 Å². The molecule has 0 radical (unpaired) electrons. The number of nitrogens with zero attached hydrogens (tertiary/aromatic N) is 1. The standard InChI is InChI=1S/C16H21NO6S/c1-3-22-15(18)13-10-11-14(16(19)23-4-2)17(13)24(20,21)12-8-6-5-7-9-12/h5-9,13-14H,3-4,10-11H2,1-2H3/t13-,14+. The maximum absolute atomic E-state index is 13.0. The minimum atomic E-state index is -4.03. The van der Waals surface area contributed by atoms with E-state index in [1.807, 2.05) is 0 Å². The number of sulfonamides is 1. The average molecular weight is 355 g/mol. The van der Waals surface area contributed by atoms with Gasteiger partial charge in [-0.15, -0.1) is 0 Å². The Morgan fingerprint density at radius 3 is 1.88 bits per heavy atom. The van der Waals surface area contributed by atoms with Gasteiger partial charge >= 0.3 is 11.9 Å². The van der Waals surface area contributed by atoms with Crippen LogP contribution in [0.2, 0.25) is 0 Å². The van der Waals surface area contributed by atoms with Gasteiger partial charge < -0.3 is 9.47 Å². The smallest absolute Gasteiger partial charge is 0.324 e. The molecule has 1 aromatic carbocycles. The molecule has 1 saturated heterocycles. The lowest BCUT2D eigenvalue weighted by Gasteiger charge is -2.27. The minimum absolute atomic E-state index is 0.0236.